The Labute approximate surface area is 536 Å². The first-order chi connectivity index (χ1) is 38.4. The average Bonchev–Trinajstić information content (AvgIpc) is 2.03. The Morgan fingerprint density at radius 3 is 1.24 bits per heavy atom. The minimum absolute atomic E-state index is 0. The summed E-state index contributed by atoms with van der Waals surface area (Å²) in [5.41, 5.74) is -2.08. The fourth-order valence-electron chi connectivity index (χ4n) is 6.50. The van der Waals surface area contributed by atoms with Crippen LogP contribution in [0.1, 0.15) is 173 Å². The van der Waals surface area contributed by atoms with Crippen molar-refractivity contribution in [2.75, 3.05) is 52.9 Å². The maximum atomic E-state index is 13.6. The monoisotopic (exact) mass is 1320 g/mol. The minimum atomic E-state index is -5.81. The zero-order valence-electron chi connectivity index (χ0n) is 56.2. The Balaban J connectivity index is -0.000000521. The molecular formula is C58H111F4NaO17SSi4. The van der Waals surface area contributed by atoms with Crippen LogP contribution in [0.5, 0.6) is 5.75 Å². The fraction of sp³-hybridized carbons (Fsp3) is 0.828. The number of carbonyl (C=O) groups excluding carboxylic acids is 4. The normalized spacial score (nSPS) is 12.7. The Morgan fingerprint density at radius 1 is 0.518 bits per heavy atom. The molecule has 0 fully saturated rings. The first kappa shape index (κ1) is 89.8. The minimum Gasteiger partial charge on any atom is -0.744 e. The SMILES string of the molecule is CCC(C)(C)C(=O)OCCC[Si](O[Si](C)(C)C)(O[Si](C)(C)C)O[Si](C)(C)C.CCC(C)(C)C(=O)OCCOCCOCCO.CCC(C)(C)C(=O)Oc1c(F)c(F)c(S(=O)(=O)[O-])c(F)c1F.CCCCCCCCCCCOC(=O)C(C)CC.[Na+]. The molecule has 0 spiro atoms. The second-order valence-corrected chi connectivity index (χ2v) is 43.7. The number of rotatable bonds is 38. The van der Waals surface area contributed by atoms with Crippen molar-refractivity contribution in [3.63, 3.8) is 0 Å². The predicted molar refractivity (Wildman–Crippen MR) is 329 cm³/mol. The van der Waals surface area contributed by atoms with Crippen molar-refractivity contribution in [1.29, 1.82) is 0 Å². The van der Waals surface area contributed by atoms with E-state index in [0.717, 1.165) is 25.7 Å². The van der Waals surface area contributed by atoms with E-state index in [-0.39, 0.29) is 73.0 Å². The van der Waals surface area contributed by atoms with Crippen LogP contribution in [-0.4, -0.2) is 129 Å². The molecule has 0 aromatic heterocycles. The van der Waals surface area contributed by atoms with E-state index < -0.39 is 100 Å². The smallest absolute Gasteiger partial charge is 0.744 e. The summed E-state index contributed by atoms with van der Waals surface area (Å²) < 4.78 is 136. The van der Waals surface area contributed by atoms with Crippen LogP contribution in [0, 0.1) is 45.4 Å². The standard InChI is InChI=1S/C18H44O5Si4.C16H32O2.C12H12F4O5S.C12H24O5.Na/c1-13-18(2,3)17(19)20-15-14-16-27(21-24(4,5)6,22-25(7,8)9)23-26(10,11)12;1-4-6-7-8-9-10-11-12-13-14-18-16(17)15(3)5-2;1-4-12(2,3)11(17)21-9-5(13)7(15)10(22(18,19)20)8(16)6(9)14;1-4-12(2,3)11(14)17-10-9-16-8-7-15-6-5-13;/h13-16H2,1-12H3;15H,4-14H2,1-3H3;4H2,1-3H3,(H,18,19,20);13H,4-10H2,1-3H3;/q;;;;+1/p-1. The van der Waals surface area contributed by atoms with Gasteiger partial charge in [0.2, 0.25) is 17.4 Å². The first-order valence-corrected chi connectivity index (χ1v) is 43.4. The predicted octanol–water partition coefficient (Wildman–Crippen LogP) is 11.4. The zero-order chi connectivity index (χ0) is 66.0. The summed E-state index contributed by atoms with van der Waals surface area (Å²) in [6.45, 7) is 44.5. The summed E-state index contributed by atoms with van der Waals surface area (Å²) in [6, 6.07) is 0.700. The van der Waals surface area contributed by atoms with Crippen LogP contribution < -0.4 is 34.3 Å². The number of carbonyl (C=O) groups is 4. The molecule has 0 amide bonds. The van der Waals surface area contributed by atoms with Gasteiger partial charge in [0, 0.05) is 6.04 Å². The fourth-order valence-corrected chi connectivity index (χ4v) is 21.7. The van der Waals surface area contributed by atoms with Gasteiger partial charge in [0.1, 0.15) is 21.6 Å². The Hall–Kier alpha value is -1.64. The second-order valence-electron chi connectivity index (χ2n) is 25.4. The number of benzene rings is 1. The van der Waals surface area contributed by atoms with Gasteiger partial charge >= 0.3 is 62.2 Å². The van der Waals surface area contributed by atoms with Gasteiger partial charge in [-0.3, -0.25) is 19.2 Å². The van der Waals surface area contributed by atoms with Crippen LogP contribution in [0.15, 0.2) is 4.90 Å². The van der Waals surface area contributed by atoms with E-state index in [4.69, 9.17) is 41.1 Å². The van der Waals surface area contributed by atoms with Crippen LogP contribution in [0.4, 0.5) is 17.6 Å². The maximum absolute atomic E-state index is 13.6. The van der Waals surface area contributed by atoms with E-state index in [1.807, 2.05) is 55.4 Å². The van der Waals surface area contributed by atoms with Gasteiger partial charge < -0.3 is 50.4 Å². The molecule has 0 aliphatic carbocycles. The van der Waals surface area contributed by atoms with Crippen LogP contribution in [0.25, 0.3) is 0 Å². The molecule has 0 saturated carbocycles. The van der Waals surface area contributed by atoms with Crippen molar-refractivity contribution in [3.8, 4) is 5.75 Å². The largest absolute Gasteiger partial charge is 1.00 e. The van der Waals surface area contributed by atoms with Gasteiger partial charge in [-0.2, -0.15) is 8.78 Å². The van der Waals surface area contributed by atoms with E-state index in [1.165, 1.54) is 65.2 Å². The summed E-state index contributed by atoms with van der Waals surface area (Å²) in [7, 11) is -14.2. The van der Waals surface area contributed by atoms with Crippen molar-refractivity contribution in [1.82, 2.24) is 0 Å². The third-order valence-corrected chi connectivity index (χ3v) is 25.7. The average molecular weight is 1320 g/mol. The topological polar surface area (TPSA) is 229 Å². The Bertz CT molecular complexity index is 2110. The van der Waals surface area contributed by atoms with Crippen LogP contribution >= 0.6 is 0 Å². The second kappa shape index (κ2) is 44.0. The summed E-state index contributed by atoms with van der Waals surface area (Å²) in [5.74, 6) is -12.7. The molecular weight excluding hydrogens is 1210 g/mol. The number of hydrogen-bond donors (Lipinski definition) is 1. The van der Waals surface area contributed by atoms with E-state index in [1.54, 1.807) is 6.92 Å². The quantitative estimate of drug-likeness (QED) is 0.00948. The number of unbranched alkanes of at least 4 members (excludes halogenated alkanes) is 8. The van der Waals surface area contributed by atoms with Crippen LogP contribution in [-0.2, 0) is 65.3 Å². The Morgan fingerprint density at radius 2 is 0.871 bits per heavy atom. The molecule has 1 atom stereocenters. The van der Waals surface area contributed by atoms with Crippen molar-refractivity contribution in [3.05, 3.63) is 23.3 Å². The first-order valence-electron chi connectivity index (χ1n) is 29.8. The molecule has 1 aromatic rings. The van der Waals surface area contributed by atoms with Gasteiger partial charge in [-0.15, -0.1) is 0 Å². The van der Waals surface area contributed by atoms with Crippen molar-refractivity contribution < 1.29 is 125 Å². The van der Waals surface area contributed by atoms with Crippen LogP contribution in [0.3, 0.4) is 0 Å². The third-order valence-electron chi connectivity index (χ3n) is 12.8. The molecule has 1 aromatic carbocycles. The molecule has 0 saturated heterocycles. The van der Waals surface area contributed by atoms with E-state index in [9.17, 15) is 49.7 Å². The molecule has 1 unspecified atom stereocenters. The summed E-state index contributed by atoms with van der Waals surface area (Å²) >= 11 is 0. The van der Waals surface area contributed by atoms with E-state index in [0.29, 0.717) is 52.1 Å². The molecule has 0 aliphatic heterocycles. The molecule has 0 radical (unpaired) electrons. The molecule has 1 rings (SSSR count). The van der Waals surface area contributed by atoms with E-state index >= 15 is 0 Å². The van der Waals surface area contributed by atoms with Gasteiger partial charge in [-0.25, -0.2) is 17.2 Å². The molecule has 1 N–H and O–H groups in total. The number of aliphatic hydroxyl groups excluding tert-OH is 1. The van der Waals surface area contributed by atoms with Crippen LogP contribution in [0.2, 0.25) is 65.0 Å². The summed E-state index contributed by atoms with van der Waals surface area (Å²) in [6.07, 6.45) is 15.0. The number of hydrogen-bond acceptors (Lipinski definition) is 17. The van der Waals surface area contributed by atoms with Gasteiger partial charge in [0.05, 0.1) is 68.4 Å². The van der Waals surface area contributed by atoms with Gasteiger partial charge in [-0.1, -0.05) is 92.9 Å². The molecule has 27 heteroatoms. The van der Waals surface area contributed by atoms with E-state index in [2.05, 4.69) is 70.6 Å². The molecule has 0 aliphatic rings. The third kappa shape index (κ3) is 41.4. The molecule has 0 heterocycles. The number of ether oxygens (including phenoxy) is 6. The molecule has 85 heavy (non-hydrogen) atoms. The van der Waals surface area contributed by atoms with Crippen molar-refractivity contribution in [2.45, 2.75) is 243 Å². The van der Waals surface area contributed by atoms with Crippen molar-refractivity contribution >= 4 is 67.8 Å². The number of aliphatic hydroxyl groups is 1. The number of halogens is 4. The number of esters is 4. The summed E-state index contributed by atoms with van der Waals surface area (Å²) in [4.78, 5) is 44.5. The van der Waals surface area contributed by atoms with Gasteiger partial charge in [-0.05, 0) is 139 Å². The zero-order valence-corrected chi connectivity index (χ0v) is 63.1. The van der Waals surface area contributed by atoms with Gasteiger partial charge in [0.25, 0.3) is 0 Å². The molecule has 0 bridgehead atoms. The summed E-state index contributed by atoms with van der Waals surface area (Å²) in [5, 5.41) is 8.44. The Kier molecular flexibility index (Phi) is 46.4. The molecule has 496 valence electrons. The molecule has 17 nitrogen and oxygen atoms in total. The maximum Gasteiger partial charge on any atom is 1.00 e. The van der Waals surface area contributed by atoms with Crippen molar-refractivity contribution in [2.24, 2.45) is 22.2 Å². The van der Waals surface area contributed by atoms with Gasteiger partial charge in [0.15, 0.2) is 36.6 Å².